The third-order valence-corrected chi connectivity index (χ3v) is 4.04. The Balaban J connectivity index is 2.38. The minimum Gasteiger partial charge on any atom is -0.399 e. The van der Waals surface area contributed by atoms with E-state index in [9.17, 15) is 4.79 Å². The van der Waals surface area contributed by atoms with E-state index in [1.54, 1.807) is 18.2 Å². The third-order valence-electron chi connectivity index (χ3n) is 3.01. The molecule has 0 aliphatic carbocycles. The number of rotatable bonds is 3. The van der Waals surface area contributed by atoms with Crippen molar-refractivity contribution < 1.29 is 4.79 Å². The molecule has 0 unspecified atom stereocenters. The summed E-state index contributed by atoms with van der Waals surface area (Å²) in [6.45, 7) is 0. The van der Waals surface area contributed by atoms with Crippen LogP contribution in [-0.4, -0.2) is 20.0 Å². The highest BCUT2D eigenvalue weighted by atomic mass is 35.5. The van der Waals surface area contributed by atoms with Crippen LogP contribution >= 0.6 is 34.8 Å². The number of hydrogen-bond donors (Lipinski definition) is 2. The van der Waals surface area contributed by atoms with Gasteiger partial charge in [-0.2, -0.15) is 0 Å². The van der Waals surface area contributed by atoms with E-state index < -0.39 is 0 Å². The van der Waals surface area contributed by atoms with E-state index in [1.165, 1.54) is 12.1 Å². The number of nitrogen functional groups attached to an aromatic ring is 1. The van der Waals surface area contributed by atoms with Crippen LogP contribution in [0.25, 0.3) is 0 Å². The van der Waals surface area contributed by atoms with Crippen molar-refractivity contribution >= 4 is 57.8 Å². The molecule has 0 saturated heterocycles. The largest absolute Gasteiger partial charge is 0.399 e. The fraction of sp³-hybridized carbons (Fsp3) is 0.133. The minimum absolute atomic E-state index is 0.304. The smallest absolute Gasteiger partial charge is 0.257 e. The lowest BCUT2D eigenvalue weighted by Gasteiger charge is -2.18. The number of carbonyl (C=O) groups is 1. The second-order valence-corrected chi connectivity index (χ2v) is 6.09. The molecular weight excluding hydrogens is 345 g/mol. The lowest BCUT2D eigenvalue weighted by Crippen LogP contribution is -2.19. The Morgan fingerprint density at radius 1 is 1.05 bits per heavy atom. The molecule has 7 heteroatoms. The Hall–Kier alpha value is -1.62. The molecule has 4 nitrogen and oxygen atoms in total. The quantitative estimate of drug-likeness (QED) is 0.625. The number of nitrogens with two attached hydrogens (primary N) is 1. The molecule has 0 radical (unpaired) electrons. The predicted octanol–water partition coefficient (Wildman–Crippen LogP) is 4.55. The first-order valence-corrected chi connectivity index (χ1v) is 7.45. The van der Waals surface area contributed by atoms with Gasteiger partial charge in [0.05, 0.1) is 26.3 Å². The van der Waals surface area contributed by atoms with Gasteiger partial charge in [-0.1, -0.05) is 34.8 Å². The maximum absolute atomic E-state index is 12.5. The number of hydrogen-bond acceptors (Lipinski definition) is 3. The highest BCUT2D eigenvalue weighted by Crippen LogP contribution is 2.33. The van der Waals surface area contributed by atoms with Gasteiger partial charge in [0.1, 0.15) is 0 Å². The maximum atomic E-state index is 12.5. The Labute approximate surface area is 143 Å². The standard InChI is InChI=1S/C15H14Cl3N3O/c1-21(2)14-4-3-8(19)5-9(14)15(22)20-13-7-11(17)10(16)6-12(13)18/h3-7H,19H2,1-2H3,(H,20,22). The monoisotopic (exact) mass is 357 g/mol. The van der Waals surface area contributed by atoms with E-state index in [0.717, 1.165) is 5.69 Å². The Morgan fingerprint density at radius 2 is 1.68 bits per heavy atom. The number of halogens is 3. The molecule has 0 heterocycles. The molecule has 0 aliphatic heterocycles. The molecule has 116 valence electrons. The van der Waals surface area contributed by atoms with Crippen LogP contribution in [0, 0.1) is 0 Å². The second kappa shape index (κ2) is 6.65. The minimum atomic E-state index is -0.337. The average molecular weight is 359 g/mol. The Morgan fingerprint density at radius 3 is 2.32 bits per heavy atom. The molecule has 0 fully saturated rings. The number of carbonyl (C=O) groups excluding carboxylic acids is 1. The number of benzene rings is 2. The molecule has 0 spiro atoms. The fourth-order valence-electron chi connectivity index (χ4n) is 1.93. The summed E-state index contributed by atoms with van der Waals surface area (Å²) in [5, 5.41) is 3.65. The number of anilines is 3. The summed E-state index contributed by atoms with van der Waals surface area (Å²) in [5.41, 5.74) is 7.82. The molecule has 0 bridgehead atoms. The van der Waals surface area contributed by atoms with E-state index in [4.69, 9.17) is 40.5 Å². The molecule has 2 rings (SSSR count). The molecule has 0 aliphatic rings. The molecule has 3 N–H and O–H groups in total. The third kappa shape index (κ3) is 3.58. The van der Waals surface area contributed by atoms with Crippen molar-refractivity contribution in [3.63, 3.8) is 0 Å². The van der Waals surface area contributed by atoms with Gasteiger partial charge in [-0.3, -0.25) is 4.79 Å². The van der Waals surface area contributed by atoms with Crippen LogP contribution in [0.4, 0.5) is 17.1 Å². The van der Waals surface area contributed by atoms with Crippen molar-refractivity contribution in [1.82, 2.24) is 0 Å². The molecular formula is C15H14Cl3N3O. The first-order chi connectivity index (χ1) is 10.3. The van der Waals surface area contributed by atoms with Gasteiger partial charge in [0.25, 0.3) is 5.91 Å². The summed E-state index contributed by atoms with van der Waals surface area (Å²) in [4.78, 5) is 14.3. The van der Waals surface area contributed by atoms with Crippen LogP contribution in [0.15, 0.2) is 30.3 Å². The summed E-state index contributed by atoms with van der Waals surface area (Å²) in [7, 11) is 3.68. The maximum Gasteiger partial charge on any atom is 0.257 e. The SMILES string of the molecule is CN(C)c1ccc(N)cc1C(=O)Nc1cc(Cl)c(Cl)cc1Cl. The average Bonchev–Trinajstić information content (AvgIpc) is 2.44. The van der Waals surface area contributed by atoms with Gasteiger partial charge >= 0.3 is 0 Å². The molecule has 22 heavy (non-hydrogen) atoms. The van der Waals surface area contributed by atoms with Crippen molar-refractivity contribution in [2.24, 2.45) is 0 Å². The van der Waals surface area contributed by atoms with E-state index in [-0.39, 0.29) is 5.91 Å². The first kappa shape index (κ1) is 16.7. The van der Waals surface area contributed by atoms with Gasteiger partial charge in [0.15, 0.2) is 0 Å². The topological polar surface area (TPSA) is 58.4 Å². The molecule has 2 aromatic rings. The fourth-order valence-corrected chi connectivity index (χ4v) is 2.53. The Bertz CT molecular complexity index is 732. The predicted molar refractivity (Wildman–Crippen MR) is 94.6 cm³/mol. The molecule has 0 saturated carbocycles. The Kier molecular flexibility index (Phi) is 5.06. The second-order valence-electron chi connectivity index (χ2n) is 4.87. The van der Waals surface area contributed by atoms with Gasteiger partial charge in [-0.15, -0.1) is 0 Å². The van der Waals surface area contributed by atoms with Crippen LogP contribution in [-0.2, 0) is 0 Å². The zero-order valence-corrected chi connectivity index (χ0v) is 14.2. The molecule has 1 amide bonds. The van der Waals surface area contributed by atoms with Crippen LogP contribution in [0.1, 0.15) is 10.4 Å². The highest BCUT2D eigenvalue weighted by molar-refractivity contribution is 6.44. The first-order valence-electron chi connectivity index (χ1n) is 6.32. The summed E-state index contributed by atoms with van der Waals surface area (Å²) in [6, 6.07) is 8.11. The number of amides is 1. The van der Waals surface area contributed by atoms with Crippen molar-refractivity contribution in [3.8, 4) is 0 Å². The normalized spacial score (nSPS) is 10.4. The number of nitrogens with one attached hydrogen (secondary N) is 1. The highest BCUT2D eigenvalue weighted by Gasteiger charge is 2.16. The molecule has 2 aromatic carbocycles. The molecule has 0 aromatic heterocycles. The van der Waals surface area contributed by atoms with Gasteiger partial charge in [0.2, 0.25) is 0 Å². The summed E-state index contributed by atoms with van der Waals surface area (Å²) in [6.07, 6.45) is 0. The van der Waals surface area contributed by atoms with Crippen molar-refractivity contribution in [2.45, 2.75) is 0 Å². The van der Waals surface area contributed by atoms with Crippen molar-refractivity contribution in [3.05, 3.63) is 51.0 Å². The summed E-state index contributed by atoms with van der Waals surface area (Å²) < 4.78 is 0. The van der Waals surface area contributed by atoms with Crippen LogP contribution in [0.3, 0.4) is 0 Å². The van der Waals surface area contributed by atoms with Gasteiger partial charge in [-0.05, 0) is 30.3 Å². The zero-order chi connectivity index (χ0) is 16.4. The summed E-state index contributed by atoms with van der Waals surface area (Å²) >= 11 is 17.9. The van der Waals surface area contributed by atoms with Gasteiger partial charge in [0, 0.05) is 25.5 Å². The van der Waals surface area contributed by atoms with Gasteiger partial charge in [-0.25, -0.2) is 0 Å². The number of nitrogens with zero attached hydrogens (tertiary/aromatic N) is 1. The van der Waals surface area contributed by atoms with E-state index in [2.05, 4.69) is 5.32 Å². The van der Waals surface area contributed by atoms with Crippen molar-refractivity contribution in [1.29, 1.82) is 0 Å². The lowest BCUT2D eigenvalue weighted by molar-refractivity contribution is 0.102. The van der Waals surface area contributed by atoms with E-state index >= 15 is 0 Å². The van der Waals surface area contributed by atoms with Crippen LogP contribution in [0.5, 0.6) is 0 Å². The zero-order valence-electron chi connectivity index (χ0n) is 12.0. The lowest BCUT2D eigenvalue weighted by atomic mass is 10.1. The molecule has 0 atom stereocenters. The van der Waals surface area contributed by atoms with E-state index in [1.807, 2.05) is 19.0 Å². The summed E-state index contributed by atoms with van der Waals surface area (Å²) in [5.74, 6) is -0.337. The van der Waals surface area contributed by atoms with Crippen LogP contribution < -0.4 is 16.0 Å². The van der Waals surface area contributed by atoms with Crippen molar-refractivity contribution in [2.75, 3.05) is 30.0 Å². The van der Waals surface area contributed by atoms with Gasteiger partial charge < -0.3 is 16.0 Å². The van der Waals surface area contributed by atoms with E-state index in [0.29, 0.717) is 32.0 Å². The van der Waals surface area contributed by atoms with Crippen LogP contribution in [0.2, 0.25) is 15.1 Å².